The van der Waals surface area contributed by atoms with Crippen LogP contribution in [0.2, 0.25) is 0 Å². The lowest BCUT2D eigenvalue weighted by atomic mass is 9.82. The first-order chi connectivity index (χ1) is 14.6. The number of hydrogen-bond acceptors (Lipinski definition) is 4. The Morgan fingerprint density at radius 2 is 1.74 bits per heavy atom. The van der Waals surface area contributed by atoms with E-state index in [1.807, 2.05) is 0 Å². The van der Waals surface area contributed by atoms with Crippen molar-refractivity contribution in [1.82, 2.24) is 9.78 Å². The Hall–Kier alpha value is -3.04. The van der Waals surface area contributed by atoms with E-state index < -0.39 is 29.6 Å². The molecule has 0 aliphatic heterocycles. The second-order valence-electron chi connectivity index (χ2n) is 8.11. The minimum absolute atomic E-state index is 0.0915. The summed E-state index contributed by atoms with van der Waals surface area (Å²) in [7, 11) is 0. The van der Waals surface area contributed by atoms with Gasteiger partial charge < -0.3 is 9.84 Å². The van der Waals surface area contributed by atoms with Gasteiger partial charge in [-0.25, -0.2) is 22.6 Å². The van der Waals surface area contributed by atoms with Gasteiger partial charge in [-0.3, -0.25) is 9.69 Å². The third kappa shape index (κ3) is 4.83. The smallest absolute Gasteiger partial charge is 0.449 e. The maximum absolute atomic E-state index is 13.7. The standard InChI is InChI=1S/C21H24F3N3O4/c1-11(2)27(20(28)13-6-4-12(3)5-7-13)19-17(31-21(29)30)10-26(25-19)14-8-15(22)18(24)16(23)9-14/h8-13H,4-7H2,1-3H3,(H,29,30)/t12-,13-. The summed E-state index contributed by atoms with van der Waals surface area (Å²) in [5.41, 5.74) is -0.194. The van der Waals surface area contributed by atoms with Gasteiger partial charge in [-0.05, 0) is 45.4 Å². The van der Waals surface area contributed by atoms with Crippen molar-refractivity contribution in [2.75, 3.05) is 4.90 Å². The van der Waals surface area contributed by atoms with E-state index in [1.165, 1.54) is 4.90 Å². The van der Waals surface area contributed by atoms with Crippen molar-refractivity contribution < 1.29 is 32.6 Å². The van der Waals surface area contributed by atoms with Crippen LogP contribution >= 0.6 is 0 Å². The lowest BCUT2D eigenvalue weighted by Crippen LogP contribution is -2.42. The molecule has 0 radical (unpaired) electrons. The van der Waals surface area contributed by atoms with Crippen molar-refractivity contribution in [2.24, 2.45) is 11.8 Å². The van der Waals surface area contributed by atoms with Gasteiger partial charge in [-0.15, -0.1) is 5.10 Å². The second-order valence-corrected chi connectivity index (χ2v) is 8.11. The Labute approximate surface area is 177 Å². The average molecular weight is 439 g/mol. The summed E-state index contributed by atoms with van der Waals surface area (Å²) in [6.45, 7) is 5.61. The van der Waals surface area contributed by atoms with Gasteiger partial charge in [-0.2, -0.15) is 0 Å². The topological polar surface area (TPSA) is 84.7 Å². The highest BCUT2D eigenvalue weighted by molar-refractivity contribution is 5.96. The van der Waals surface area contributed by atoms with Gasteiger partial charge in [-0.1, -0.05) is 6.92 Å². The molecule has 1 aromatic carbocycles. The lowest BCUT2D eigenvalue weighted by molar-refractivity contribution is -0.124. The second kappa shape index (κ2) is 8.99. The fourth-order valence-electron chi connectivity index (χ4n) is 3.80. The molecular weight excluding hydrogens is 415 g/mol. The summed E-state index contributed by atoms with van der Waals surface area (Å²) in [4.78, 5) is 25.8. The Balaban J connectivity index is 2.04. The van der Waals surface area contributed by atoms with Crippen LogP contribution in [0.15, 0.2) is 18.3 Å². The van der Waals surface area contributed by atoms with E-state index in [9.17, 15) is 22.8 Å². The number of hydrogen-bond donors (Lipinski definition) is 1. The first-order valence-electron chi connectivity index (χ1n) is 10.1. The van der Waals surface area contributed by atoms with Crippen LogP contribution in [0.25, 0.3) is 5.69 Å². The molecule has 0 saturated heterocycles. The van der Waals surface area contributed by atoms with Crippen molar-refractivity contribution >= 4 is 17.9 Å². The van der Waals surface area contributed by atoms with Gasteiger partial charge in [0.2, 0.25) is 11.7 Å². The van der Waals surface area contributed by atoms with Gasteiger partial charge in [0.05, 0.1) is 11.9 Å². The third-order valence-electron chi connectivity index (χ3n) is 5.44. The van der Waals surface area contributed by atoms with Crippen LogP contribution in [0.5, 0.6) is 5.75 Å². The largest absolute Gasteiger partial charge is 0.511 e. The van der Waals surface area contributed by atoms with Crippen molar-refractivity contribution in [1.29, 1.82) is 0 Å². The number of benzene rings is 1. The van der Waals surface area contributed by atoms with Crippen molar-refractivity contribution in [2.45, 2.75) is 52.5 Å². The van der Waals surface area contributed by atoms with Crippen LogP contribution in [0.3, 0.4) is 0 Å². The summed E-state index contributed by atoms with van der Waals surface area (Å²) in [6, 6.07) is 1.03. The monoisotopic (exact) mass is 439 g/mol. The number of carbonyl (C=O) groups is 2. The number of carboxylic acid groups (broad SMARTS) is 1. The molecule has 1 aliphatic carbocycles. The van der Waals surface area contributed by atoms with Crippen LogP contribution in [-0.2, 0) is 4.79 Å². The number of amides is 1. The van der Waals surface area contributed by atoms with E-state index in [0.29, 0.717) is 30.9 Å². The highest BCUT2D eigenvalue weighted by atomic mass is 19.2. The molecular formula is C21H24F3N3O4. The lowest BCUT2D eigenvalue weighted by Gasteiger charge is -2.32. The molecule has 1 saturated carbocycles. The molecule has 7 nitrogen and oxygen atoms in total. The number of anilines is 1. The van der Waals surface area contributed by atoms with Crippen molar-refractivity contribution in [3.63, 3.8) is 0 Å². The number of halogens is 3. The highest BCUT2D eigenvalue weighted by Gasteiger charge is 2.34. The Morgan fingerprint density at radius 1 is 1.16 bits per heavy atom. The Kier molecular flexibility index (Phi) is 6.56. The van der Waals surface area contributed by atoms with Gasteiger partial charge in [0.25, 0.3) is 0 Å². The van der Waals surface area contributed by atoms with E-state index in [2.05, 4.69) is 12.0 Å². The first kappa shape index (κ1) is 22.6. The molecule has 3 rings (SSSR count). The van der Waals surface area contributed by atoms with Crippen LogP contribution in [-0.4, -0.2) is 33.0 Å². The zero-order valence-electron chi connectivity index (χ0n) is 17.4. The molecule has 0 bridgehead atoms. The molecule has 168 valence electrons. The molecule has 0 atom stereocenters. The molecule has 1 aliphatic rings. The van der Waals surface area contributed by atoms with Crippen LogP contribution in [0.1, 0.15) is 46.5 Å². The normalized spacial score (nSPS) is 18.8. The van der Waals surface area contributed by atoms with Gasteiger partial charge in [0.15, 0.2) is 23.2 Å². The predicted octanol–water partition coefficient (Wildman–Crippen LogP) is 4.91. The molecule has 1 amide bonds. The maximum atomic E-state index is 13.7. The molecule has 2 aromatic rings. The zero-order valence-corrected chi connectivity index (χ0v) is 17.4. The van der Waals surface area contributed by atoms with E-state index in [4.69, 9.17) is 9.84 Å². The highest BCUT2D eigenvalue weighted by Crippen LogP contribution is 2.35. The molecule has 1 aromatic heterocycles. The summed E-state index contributed by atoms with van der Waals surface area (Å²) in [5.74, 6) is -4.80. The quantitative estimate of drug-likeness (QED) is 0.528. The Morgan fingerprint density at radius 3 is 2.26 bits per heavy atom. The molecule has 0 unspecified atom stereocenters. The molecule has 1 fully saturated rings. The van der Waals surface area contributed by atoms with Gasteiger partial charge >= 0.3 is 6.16 Å². The van der Waals surface area contributed by atoms with E-state index in [-0.39, 0.29) is 29.1 Å². The summed E-state index contributed by atoms with van der Waals surface area (Å²) in [5, 5.41) is 13.3. The fourth-order valence-corrected chi connectivity index (χ4v) is 3.80. The molecule has 1 N–H and O–H groups in total. The maximum Gasteiger partial charge on any atom is 0.511 e. The summed E-state index contributed by atoms with van der Waals surface area (Å²) >= 11 is 0. The third-order valence-corrected chi connectivity index (χ3v) is 5.44. The molecule has 10 heteroatoms. The van der Waals surface area contributed by atoms with E-state index in [1.54, 1.807) is 13.8 Å². The Bertz CT molecular complexity index is 961. The summed E-state index contributed by atoms with van der Waals surface area (Å²) in [6.07, 6.45) is 2.66. The molecule has 31 heavy (non-hydrogen) atoms. The predicted molar refractivity (Wildman–Crippen MR) is 106 cm³/mol. The van der Waals surface area contributed by atoms with E-state index >= 15 is 0 Å². The number of ether oxygens (including phenoxy) is 1. The van der Waals surface area contributed by atoms with Crippen molar-refractivity contribution in [3.8, 4) is 11.4 Å². The molecule has 1 heterocycles. The van der Waals surface area contributed by atoms with Crippen LogP contribution in [0.4, 0.5) is 23.8 Å². The first-order valence-corrected chi connectivity index (χ1v) is 10.1. The van der Waals surface area contributed by atoms with Crippen LogP contribution in [0, 0.1) is 29.3 Å². The van der Waals surface area contributed by atoms with Crippen LogP contribution < -0.4 is 9.64 Å². The van der Waals surface area contributed by atoms with Crippen molar-refractivity contribution in [3.05, 3.63) is 35.8 Å². The number of nitrogens with zero attached hydrogens (tertiary/aromatic N) is 3. The number of aromatic nitrogens is 2. The van der Waals surface area contributed by atoms with Gasteiger partial charge in [0.1, 0.15) is 0 Å². The number of rotatable bonds is 5. The van der Waals surface area contributed by atoms with Gasteiger partial charge in [0, 0.05) is 24.1 Å². The van der Waals surface area contributed by atoms with E-state index in [0.717, 1.165) is 23.7 Å². The SMILES string of the molecule is CC(C)N(c1nn(-c2cc(F)c(F)c(F)c2)cc1OC(=O)O)C(=O)[C@H]1CC[C@H](C)CC1. The summed E-state index contributed by atoms with van der Waals surface area (Å²) < 4.78 is 46.4. The minimum atomic E-state index is -1.64. The average Bonchev–Trinajstić information content (AvgIpc) is 3.08. The number of carbonyl (C=O) groups excluding carboxylic acids is 1. The zero-order chi connectivity index (χ0) is 22.9. The minimum Gasteiger partial charge on any atom is -0.449 e. The molecule has 0 spiro atoms. The fraction of sp³-hybridized carbons (Fsp3) is 0.476.